The van der Waals surface area contributed by atoms with Gasteiger partial charge in [-0.05, 0) is 55.7 Å². The van der Waals surface area contributed by atoms with Crippen LogP contribution < -0.4 is 16.0 Å². The molecule has 2 amide bonds. The number of benzene rings is 2. The third kappa shape index (κ3) is 3.63. The molecule has 2 aromatic carbocycles. The normalized spacial score (nSPS) is 17.4. The van der Waals surface area contributed by atoms with Crippen LogP contribution in [0.25, 0.3) is 0 Å². The lowest BCUT2D eigenvalue weighted by Crippen LogP contribution is -2.47. The van der Waals surface area contributed by atoms with Gasteiger partial charge in [-0.1, -0.05) is 12.1 Å². The summed E-state index contributed by atoms with van der Waals surface area (Å²) >= 11 is 0. The first kappa shape index (κ1) is 17.0. The highest BCUT2D eigenvalue weighted by Crippen LogP contribution is 2.24. The van der Waals surface area contributed by atoms with Crippen LogP contribution in [0.1, 0.15) is 28.8 Å². The Morgan fingerprint density at radius 3 is 2.80 bits per heavy atom. The second-order valence-electron chi connectivity index (χ2n) is 6.20. The Morgan fingerprint density at radius 2 is 2.08 bits per heavy atom. The molecule has 1 unspecified atom stereocenters. The molecule has 2 aromatic rings. The van der Waals surface area contributed by atoms with Gasteiger partial charge in [0.25, 0.3) is 0 Å². The molecule has 0 spiro atoms. The molecule has 1 aliphatic heterocycles. The Balaban J connectivity index is 1.80. The molecule has 1 heterocycles. The number of nitrogens with two attached hydrogens (primary N) is 1. The van der Waals surface area contributed by atoms with Crippen molar-refractivity contribution in [3.63, 3.8) is 0 Å². The largest absolute Gasteiger partial charge is 0.374 e. The highest BCUT2D eigenvalue weighted by atomic mass is 19.1. The Hall–Kier alpha value is -2.89. The molecule has 130 valence electrons. The second kappa shape index (κ2) is 6.93. The minimum absolute atomic E-state index is 0.113. The quantitative estimate of drug-likeness (QED) is 0.898. The average molecular weight is 341 g/mol. The first-order valence-corrected chi connectivity index (χ1v) is 8.19. The molecule has 0 aliphatic carbocycles. The van der Waals surface area contributed by atoms with Crippen molar-refractivity contribution in [2.24, 2.45) is 5.73 Å². The number of hydrogen-bond donors (Lipinski definition) is 2. The minimum atomic E-state index is -0.502. The van der Waals surface area contributed by atoms with Gasteiger partial charge in [-0.2, -0.15) is 0 Å². The lowest BCUT2D eigenvalue weighted by molar-refractivity contribution is -0.120. The van der Waals surface area contributed by atoms with E-state index in [-0.39, 0.29) is 11.7 Å². The summed E-state index contributed by atoms with van der Waals surface area (Å²) in [7, 11) is 0. The van der Waals surface area contributed by atoms with Crippen LogP contribution in [-0.4, -0.2) is 24.4 Å². The number of aryl methyl sites for hydroxylation is 1. The molecule has 0 saturated carbocycles. The summed E-state index contributed by atoms with van der Waals surface area (Å²) in [4.78, 5) is 25.9. The standard InChI is InChI=1S/C19H20FN3O2/c1-12-7-8-14(11-16(12)18(21)24)22-17-6-3-9-23(19(17)25)15-5-2-4-13(20)10-15/h2,4-5,7-8,10-11,17,22H,3,6,9H2,1H3,(H2,21,24). The summed E-state index contributed by atoms with van der Waals surface area (Å²) in [5.74, 6) is -0.986. The van der Waals surface area contributed by atoms with Gasteiger partial charge in [0.15, 0.2) is 0 Å². The number of carbonyl (C=O) groups excluding carboxylic acids is 2. The number of primary amides is 1. The Morgan fingerprint density at radius 1 is 1.28 bits per heavy atom. The number of anilines is 2. The summed E-state index contributed by atoms with van der Waals surface area (Å²) in [5.41, 5.74) is 7.81. The first-order chi connectivity index (χ1) is 12.0. The zero-order valence-electron chi connectivity index (χ0n) is 14.0. The van der Waals surface area contributed by atoms with E-state index in [2.05, 4.69) is 5.32 Å². The maximum atomic E-state index is 13.5. The number of amides is 2. The molecule has 3 rings (SSSR count). The van der Waals surface area contributed by atoms with Crippen LogP contribution in [0.4, 0.5) is 15.8 Å². The zero-order valence-corrected chi connectivity index (χ0v) is 14.0. The van der Waals surface area contributed by atoms with E-state index in [1.807, 2.05) is 6.07 Å². The molecule has 6 heteroatoms. The Kier molecular flexibility index (Phi) is 4.70. The van der Waals surface area contributed by atoms with Gasteiger partial charge in [0.2, 0.25) is 11.8 Å². The number of rotatable bonds is 4. The van der Waals surface area contributed by atoms with E-state index in [4.69, 9.17) is 5.73 Å². The van der Waals surface area contributed by atoms with E-state index < -0.39 is 11.9 Å². The highest BCUT2D eigenvalue weighted by molar-refractivity contribution is 6.00. The van der Waals surface area contributed by atoms with Crippen LogP contribution in [-0.2, 0) is 4.79 Å². The van der Waals surface area contributed by atoms with Gasteiger partial charge in [0.05, 0.1) is 0 Å². The summed E-state index contributed by atoms with van der Waals surface area (Å²) in [6.07, 6.45) is 1.47. The lowest BCUT2D eigenvalue weighted by atomic mass is 10.0. The van der Waals surface area contributed by atoms with Crippen molar-refractivity contribution in [1.29, 1.82) is 0 Å². The van der Waals surface area contributed by atoms with Gasteiger partial charge in [0, 0.05) is 23.5 Å². The van der Waals surface area contributed by atoms with E-state index in [1.165, 1.54) is 12.1 Å². The predicted octanol–water partition coefficient (Wildman–Crippen LogP) is 2.84. The molecule has 25 heavy (non-hydrogen) atoms. The van der Waals surface area contributed by atoms with Crippen molar-refractivity contribution < 1.29 is 14.0 Å². The number of carbonyl (C=O) groups is 2. The van der Waals surface area contributed by atoms with E-state index in [1.54, 1.807) is 36.1 Å². The molecule has 3 N–H and O–H groups in total. The summed E-state index contributed by atoms with van der Waals surface area (Å²) in [6, 6.07) is 10.9. The van der Waals surface area contributed by atoms with E-state index in [9.17, 15) is 14.0 Å². The first-order valence-electron chi connectivity index (χ1n) is 8.19. The van der Waals surface area contributed by atoms with Crippen LogP contribution in [0.3, 0.4) is 0 Å². The molecule has 1 atom stereocenters. The highest BCUT2D eigenvalue weighted by Gasteiger charge is 2.29. The average Bonchev–Trinajstić information content (AvgIpc) is 2.58. The fraction of sp³-hybridized carbons (Fsp3) is 0.263. The van der Waals surface area contributed by atoms with E-state index in [0.717, 1.165) is 12.0 Å². The van der Waals surface area contributed by atoms with Crippen molar-refractivity contribution in [2.75, 3.05) is 16.8 Å². The summed E-state index contributed by atoms with van der Waals surface area (Å²) in [5, 5.41) is 3.17. The number of hydrogen-bond acceptors (Lipinski definition) is 3. The predicted molar refractivity (Wildman–Crippen MR) is 95.1 cm³/mol. The van der Waals surface area contributed by atoms with Gasteiger partial charge < -0.3 is 16.0 Å². The Labute approximate surface area is 145 Å². The minimum Gasteiger partial charge on any atom is -0.374 e. The van der Waals surface area contributed by atoms with Crippen molar-refractivity contribution in [1.82, 2.24) is 0 Å². The maximum Gasteiger partial charge on any atom is 0.249 e. The fourth-order valence-corrected chi connectivity index (χ4v) is 3.09. The molecule has 5 nitrogen and oxygen atoms in total. The lowest BCUT2D eigenvalue weighted by Gasteiger charge is -2.33. The van der Waals surface area contributed by atoms with Crippen LogP contribution in [0.5, 0.6) is 0 Å². The molecule has 0 bridgehead atoms. The molecule has 1 aliphatic rings. The number of nitrogens with zero attached hydrogens (tertiary/aromatic N) is 1. The Bertz CT molecular complexity index is 822. The number of nitrogens with one attached hydrogen (secondary N) is 1. The van der Waals surface area contributed by atoms with Crippen LogP contribution in [0, 0.1) is 12.7 Å². The number of halogens is 1. The van der Waals surface area contributed by atoms with Gasteiger partial charge in [0.1, 0.15) is 11.9 Å². The molecule has 1 saturated heterocycles. The number of piperidine rings is 1. The van der Waals surface area contributed by atoms with E-state index in [0.29, 0.717) is 29.9 Å². The molecule has 0 aromatic heterocycles. The molecular weight excluding hydrogens is 321 g/mol. The molecule has 0 radical (unpaired) electrons. The van der Waals surface area contributed by atoms with Crippen LogP contribution in [0.2, 0.25) is 0 Å². The van der Waals surface area contributed by atoms with Crippen LogP contribution in [0.15, 0.2) is 42.5 Å². The molecular formula is C19H20FN3O2. The van der Waals surface area contributed by atoms with E-state index >= 15 is 0 Å². The van der Waals surface area contributed by atoms with Crippen molar-refractivity contribution in [3.05, 3.63) is 59.4 Å². The topological polar surface area (TPSA) is 75.4 Å². The third-order valence-electron chi connectivity index (χ3n) is 4.40. The monoisotopic (exact) mass is 341 g/mol. The third-order valence-corrected chi connectivity index (χ3v) is 4.40. The van der Waals surface area contributed by atoms with Crippen LogP contribution >= 0.6 is 0 Å². The SMILES string of the molecule is Cc1ccc(NC2CCCN(c3cccc(F)c3)C2=O)cc1C(N)=O. The second-order valence-corrected chi connectivity index (χ2v) is 6.20. The summed E-state index contributed by atoms with van der Waals surface area (Å²) < 4.78 is 13.5. The fourth-order valence-electron chi connectivity index (χ4n) is 3.09. The van der Waals surface area contributed by atoms with Gasteiger partial charge in [-0.3, -0.25) is 9.59 Å². The summed E-state index contributed by atoms with van der Waals surface area (Å²) in [6.45, 7) is 2.36. The van der Waals surface area contributed by atoms with Gasteiger partial charge >= 0.3 is 0 Å². The van der Waals surface area contributed by atoms with Gasteiger partial charge in [-0.25, -0.2) is 4.39 Å². The smallest absolute Gasteiger partial charge is 0.249 e. The molecule has 1 fully saturated rings. The zero-order chi connectivity index (χ0) is 18.0. The van der Waals surface area contributed by atoms with Crippen molar-refractivity contribution in [2.45, 2.75) is 25.8 Å². The van der Waals surface area contributed by atoms with Gasteiger partial charge in [-0.15, -0.1) is 0 Å². The maximum absolute atomic E-state index is 13.5. The van der Waals surface area contributed by atoms with Crippen molar-refractivity contribution >= 4 is 23.2 Å². The van der Waals surface area contributed by atoms with Crippen molar-refractivity contribution in [3.8, 4) is 0 Å².